The zero-order valence-electron chi connectivity index (χ0n) is 16.1. The first kappa shape index (κ1) is 17.6. The van der Waals surface area contributed by atoms with Crippen molar-refractivity contribution < 1.29 is 14.9 Å². The average molecular weight is 373 g/mol. The van der Waals surface area contributed by atoms with Gasteiger partial charge in [0.05, 0.1) is 0 Å². The van der Waals surface area contributed by atoms with Crippen molar-refractivity contribution in [3.8, 4) is 11.1 Å². The number of rotatable bonds is 4. The fraction of sp³-hybridized carbons (Fsp3) is 0.280. The number of nitrogens with one attached hydrogen (secondary N) is 2. The van der Waals surface area contributed by atoms with Crippen LogP contribution in [-0.2, 0) is 0 Å². The zero-order valence-corrected chi connectivity index (χ0v) is 16.1. The van der Waals surface area contributed by atoms with Gasteiger partial charge in [-0.3, -0.25) is 0 Å². The number of piperazine rings is 1. The van der Waals surface area contributed by atoms with Crippen molar-refractivity contribution >= 4 is 0 Å². The van der Waals surface area contributed by atoms with E-state index in [-0.39, 0.29) is 6.10 Å². The van der Waals surface area contributed by atoms with Gasteiger partial charge in [0.25, 0.3) is 0 Å². The molecule has 28 heavy (non-hydrogen) atoms. The Labute approximate surface area is 166 Å². The zero-order chi connectivity index (χ0) is 18.9. The first-order valence-corrected chi connectivity index (χ1v) is 10.4. The molecule has 1 fully saturated rings. The van der Waals surface area contributed by atoms with Gasteiger partial charge in [-0.15, -0.1) is 0 Å². The molecule has 1 aliphatic heterocycles. The summed E-state index contributed by atoms with van der Waals surface area (Å²) in [4.78, 5) is 3.18. The van der Waals surface area contributed by atoms with Crippen LogP contribution in [0.3, 0.4) is 0 Å². The number of hydrogen-bond donors (Lipinski definition) is 3. The fourth-order valence-electron chi connectivity index (χ4n) is 5.08. The van der Waals surface area contributed by atoms with Gasteiger partial charge in [-0.1, -0.05) is 78.9 Å². The Morgan fingerprint density at radius 1 is 0.714 bits per heavy atom. The minimum atomic E-state index is -0.370. The monoisotopic (exact) mass is 372 g/mol. The van der Waals surface area contributed by atoms with E-state index in [1.165, 1.54) is 27.2 Å². The highest BCUT2D eigenvalue weighted by molar-refractivity contribution is 5.77. The molecule has 3 aromatic rings. The smallest absolute Gasteiger partial charge is 0.140 e. The summed E-state index contributed by atoms with van der Waals surface area (Å²) < 4.78 is 0. The van der Waals surface area contributed by atoms with Crippen molar-refractivity contribution in [1.82, 2.24) is 0 Å². The minimum Gasteiger partial charge on any atom is -0.382 e. The molecule has 5 rings (SSSR count). The summed E-state index contributed by atoms with van der Waals surface area (Å²) in [5.41, 5.74) is 6.80. The Balaban J connectivity index is 1.30. The predicted octanol–water partition coefficient (Wildman–Crippen LogP) is 1.27. The molecule has 1 saturated heterocycles. The summed E-state index contributed by atoms with van der Waals surface area (Å²) in [7, 11) is 0. The summed E-state index contributed by atoms with van der Waals surface area (Å²) in [6.07, 6.45) is -0.370. The van der Waals surface area contributed by atoms with E-state index in [2.05, 4.69) is 48.5 Å². The Morgan fingerprint density at radius 3 is 1.86 bits per heavy atom. The molecular formula is C25H28N2O+2. The first-order chi connectivity index (χ1) is 13.8. The fourth-order valence-corrected chi connectivity index (χ4v) is 5.08. The molecule has 3 N–H and O–H groups in total. The van der Waals surface area contributed by atoms with Crippen LogP contribution in [0.25, 0.3) is 11.1 Å². The molecule has 3 nitrogen and oxygen atoms in total. The summed E-state index contributed by atoms with van der Waals surface area (Å²) in [6.45, 7) is 5.31. The van der Waals surface area contributed by atoms with Gasteiger partial charge in [0.15, 0.2) is 0 Å². The van der Waals surface area contributed by atoms with Crippen LogP contribution < -0.4 is 9.80 Å². The van der Waals surface area contributed by atoms with Crippen LogP contribution in [0.4, 0.5) is 0 Å². The Morgan fingerprint density at radius 2 is 1.25 bits per heavy atom. The van der Waals surface area contributed by atoms with Gasteiger partial charge in [0.1, 0.15) is 44.9 Å². The van der Waals surface area contributed by atoms with Crippen LogP contribution in [-0.4, -0.2) is 37.8 Å². The second kappa shape index (κ2) is 7.51. The third kappa shape index (κ3) is 3.16. The van der Waals surface area contributed by atoms with E-state index in [0.29, 0.717) is 6.04 Å². The van der Waals surface area contributed by atoms with Crippen molar-refractivity contribution in [2.45, 2.75) is 12.1 Å². The van der Waals surface area contributed by atoms with E-state index in [1.54, 1.807) is 4.90 Å². The number of aliphatic hydroxyl groups is 1. The quantitative estimate of drug-likeness (QED) is 0.633. The molecule has 0 bridgehead atoms. The normalized spacial score (nSPS) is 22.5. The van der Waals surface area contributed by atoms with Gasteiger partial charge in [-0.05, 0) is 16.7 Å². The largest absolute Gasteiger partial charge is 0.382 e. The minimum absolute atomic E-state index is 0.370. The summed E-state index contributed by atoms with van der Waals surface area (Å²) in [5.74, 6) is 0. The molecule has 0 radical (unpaired) electrons. The highest BCUT2D eigenvalue weighted by Gasteiger charge is 2.38. The van der Waals surface area contributed by atoms with Crippen LogP contribution >= 0.6 is 0 Å². The van der Waals surface area contributed by atoms with Gasteiger partial charge in [-0.2, -0.15) is 0 Å². The van der Waals surface area contributed by atoms with E-state index in [9.17, 15) is 5.11 Å². The second-order valence-electron chi connectivity index (χ2n) is 8.15. The van der Waals surface area contributed by atoms with Crippen molar-refractivity contribution in [2.24, 2.45) is 0 Å². The Bertz CT molecular complexity index is 902. The third-order valence-corrected chi connectivity index (χ3v) is 6.51. The molecule has 1 atom stereocenters. The molecule has 0 spiro atoms. The van der Waals surface area contributed by atoms with Crippen LogP contribution in [0, 0.1) is 0 Å². The third-order valence-electron chi connectivity index (χ3n) is 6.51. The molecule has 0 saturated carbocycles. The number of fused-ring (bicyclic) bond motifs is 3. The van der Waals surface area contributed by atoms with Crippen LogP contribution in [0.15, 0.2) is 78.9 Å². The summed E-state index contributed by atoms with van der Waals surface area (Å²) in [6, 6.07) is 28.3. The van der Waals surface area contributed by atoms with Crippen LogP contribution in [0.5, 0.6) is 0 Å². The van der Waals surface area contributed by atoms with Crippen LogP contribution in [0.1, 0.15) is 28.8 Å². The molecule has 0 aromatic heterocycles. The van der Waals surface area contributed by atoms with E-state index in [0.717, 1.165) is 38.3 Å². The van der Waals surface area contributed by atoms with Crippen molar-refractivity contribution in [3.63, 3.8) is 0 Å². The van der Waals surface area contributed by atoms with Gasteiger partial charge in [0.2, 0.25) is 0 Å². The molecule has 1 heterocycles. The van der Waals surface area contributed by atoms with Crippen molar-refractivity contribution in [2.75, 3.05) is 32.7 Å². The summed E-state index contributed by atoms with van der Waals surface area (Å²) in [5, 5.41) is 10.6. The number of hydrogen-bond acceptors (Lipinski definition) is 1. The predicted molar refractivity (Wildman–Crippen MR) is 111 cm³/mol. The standard InChI is InChI=1S/C25H26N2O/c28-24(19-8-2-1-3-9-19)18-26-14-16-27(17-15-26)25-22-12-6-4-10-20(22)21-11-5-7-13-23(21)25/h1-13,24-25,28H,14-18H2/p+2/t24-/m1/s1. The molecule has 2 aliphatic rings. The topological polar surface area (TPSA) is 29.1 Å². The maximum absolute atomic E-state index is 10.6. The lowest BCUT2D eigenvalue weighted by Crippen LogP contribution is -3.28. The highest BCUT2D eigenvalue weighted by atomic mass is 16.3. The number of quaternary nitrogens is 2. The summed E-state index contributed by atoms with van der Waals surface area (Å²) >= 11 is 0. The molecule has 142 valence electrons. The number of benzene rings is 3. The lowest BCUT2D eigenvalue weighted by atomic mass is 10.0. The van der Waals surface area contributed by atoms with Crippen LogP contribution in [0.2, 0.25) is 0 Å². The van der Waals surface area contributed by atoms with Crippen molar-refractivity contribution in [3.05, 3.63) is 95.6 Å². The van der Waals surface area contributed by atoms with Gasteiger partial charge < -0.3 is 14.9 Å². The Kier molecular flexibility index (Phi) is 4.73. The first-order valence-electron chi connectivity index (χ1n) is 10.4. The SMILES string of the molecule is O[C@H](C[NH+]1CC[NH+](C2c3ccccc3-c3ccccc32)CC1)c1ccccc1. The Hall–Kier alpha value is -2.46. The van der Waals surface area contributed by atoms with E-state index < -0.39 is 0 Å². The van der Waals surface area contributed by atoms with E-state index >= 15 is 0 Å². The average Bonchev–Trinajstić information content (AvgIpc) is 3.09. The van der Waals surface area contributed by atoms with Crippen molar-refractivity contribution in [1.29, 1.82) is 0 Å². The second-order valence-corrected chi connectivity index (χ2v) is 8.15. The van der Waals surface area contributed by atoms with Gasteiger partial charge in [0, 0.05) is 11.1 Å². The molecule has 3 aromatic carbocycles. The van der Waals surface area contributed by atoms with E-state index in [4.69, 9.17) is 0 Å². The maximum Gasteiger partial charge on any atom is 0.140 e. The lowest BCUT2D eigenvalue weighted by Gasteiger charge is -2.34. The molecule has 3 heteroatoms. The molecule has 1 aliphatic carbocycles. The van der Waals surface area contributed by atoms with Gasteiger partial charge in [-0.25, -0.2) is 0 Å². The molecule has 0 unspecified atom stereocenters. The molecular weight excluding hydrogens is 344 g/mol. The highest BCUT2D eigenvalue weighted by Crippen LogP contribution is 2.41. The van der Waals surface area contributed by atoms with Gasteiger partial charge >= 0.3 is 0 Å². The number of aliphatic hydroxyl groups excluding tert-OH is 1. The molecule has 0 amide bonds. The van der Waals surface area contributed by atoms with E-state index in [1.807, 2.05) is 30.3 Å². The lowest BCUT2D eigenvalue weighted by molar-refractivity contribution is -1.02. The maximum atomic E-state index is 10.6.